The molecule has 0 spiro atoms. The van der Waals surface area contributed by atoms with Gasteiger partial charge in [0.1, 0.15) is 24.0 Å². The highest BCUT2D eigenvalue weighted by atomic mass is 32.1. The summed E-state index contributed by atoms with van der Waals surface area (Å²) in [5.41, 5.74) is 0.689. The van der Waals surface area contributed by atoms with Crippen LogP contribution >= 0.6 is 11.3 Å². The molecule has 10 heteroatoms. The standard InChI is InChI=1S/C21H22N6O3S/c28-19(27-12-10-26(11-13-27)17-8-4-5-9-22-17)15-30-14-18-24-25-21(31-18)20(29)23-16-6-2-1-3-7-16/h1-9H,10-15H2,(H,23,29). The van der Waals surface area contributed by atoms with Crippen LogP contribution in [-0.2, 0) is 16.1 Å². The first-order valence-corrected chi connectivity index (χ1v) is 10.7. The van der Waals surface area contributed by atoms with Crippen molar-refractivity contribution in [1.82, 2.24) is 20.1 Å². The minimum absolute atomic E-state index is 0.0330. The van der Waals surface area contributed by atoms with Gasteiger partial charge < -0.3 is 19.9 Å². The number of rotatable bonds is 7. The molecule has 0 atom stereocenters. The summed E-state index contributed by atoms with van der Waals surface area (Å²) in [5.74, 6) is 0.540. The van der Waals surface area contributed by atoms with E-state index in [-0.39, 0.29) is 30.0 Å². The van der Waals surface area contributed by atoms with Gasteiger partial charge >= 0.3 is 0 Å². The minimum atomic E-state index is -0.322. The highest BCUT2D eigenvalue weighted by Gasteiger charge is 2.22. The van der Waals surface area contributed by atoms with Crippen LogP contribution in [0.4, 0.5) is 11.5 Å². The van der Waals surface area contributed by atoms with Gasteiger partial charge in [0, 0.05) is 38.1 Å². The number of anilines is 2. The van der Waals surface area contributed by atoms with E-state index in [1.54, 1.807) is 23.2 Å². The Morgan fingerprint density at radius 3 is 2.52 bits per heavy atom. The van der Waals surface area contributed by atoms with Crippen molar-refractivity contribution < 1.29 is 14.3 Å². The first-order chi connectivity index (χ1) is 15.2. The molecule has 0 saturated carbocycles. The van der Waals surface area contributed by atoms with Crippen molar-refractivity contribution >= 4 is 34.7 Å². The van der Waals surface area contributed by atoms with Gasteiger partial charge in [0.05, 0.1) is 0 Å². The number of carbonyl (C=O) groups is 2. The second kappa shape index (κ2) is 10.1. The van der Waals surface area contributed by atoms with Gasteiger partial charge in [0.25, 0.3) is 5.91 Å². The molecule has 0 radical (unpaired) electrons. The Labute approximate surface area is 183 Å². The summed E-state index contributed by atoms with van der Waals surface area (Å²) in [6.07, 6.45) is 1.77. The van der Waals surface area contributed by atoms with E-state index < -0.39 is 0 Å². The number of aromatic nitrogens is 3. The summed E-state index contributed by atoms with van der Waals surface area (Å²) in [6.45, 7) is 2.82. The largest absolute Gasteiger partial charge is 0.364 e. The highest BCUT2D eigenvalue weighted by Crippen LogP contribution is 2.15. The zero-order valence-corrected chi connectivity index (χ0v) is 17.6. The fourth-order valence-electron chi connectivity index (χ4n) is 3.15. The van der Waals surface area contributed by atoms with Gasteiger partial charge in [-0.05, 0) is 24.3 Å². The minimum Gasteiger partial charge on any atom is -0.364 e. The van der Waals surface area contributed by atoms with Gasteiger partial charge in [-0.2, -0.15) is 0 Å². The summed E-state index contributed by atoms with van der Waals surface area (Å²) < 4.78 is 5.52. The molecule has 0 bridgehead atoms. The maximum atomic E-state index is 12.4. The second-order valence-corrected chi connectivity index (χ2v) is 7.93. The SMILES string of the molecule is O=C(Nc1ccccc1)c1nnc(COCC(=O)N2CCN(c3ccccn3)CC2)s1. The molecule has 3 heterocycles. The van der Waals surface area contributed by atoms with Crippen molar-refractivity contribution in [3.05, 3.63) is 64.7 Å². The van der Waals surface area contributed by atoms with Crippen LogP contribution in [0.15, 0.2) is 54.7 Å². The van der Waals surface area contributed by atoms with Crippen LogP contribution < -0.4 is 10.2 Å². The topological polar surface area (TPSA) is 101 Å². The Hall–Kier alpha value is -3.37. The van der Waals surface area contributed by atoms with Gasteiger partial charge in [-0.25, -0.2) is 4.98 Å². The number of nitrogens with zero attached hydrogens (tertiary/aromatic N) is 5. The van der Waals surface area contributed by atoms with Crippen molar-refractivity contribution in [2.24, 2.45) is 0 Å². The van der Waals surface area contributed by atoms with Crippen molar-refractivity contribution in [3.8, 4) is 0 Å². The van der Waals surface area contributed by atoms with Gasteiger partial charge in [-0.15, -0.1) is 10.2 Å². The van der Waals surface area contributed by atoms with E-state index >= 15 is 0 Å². The number of nitrogens with one attached hydrogen (secondary N) is 1. The van der Waals surface area contributed by atoms with Gasteiger partial charge in [0.2, 0.25) is 10.9 Å². The smallest absolute Gasteiger partial charge is 0.286 e. The first kappa shape index (κ1) is 20.9. The van der Waals surface area contributed by atoms with Crippen LogP contribution in [0.2, 0.25) is 0 Å². The van der Waals surface area contributed by atoms with Gasteiger partial charge in [-0.3, -0.25) is 9.59 Å². The molecule has 9 nitrogen and oxygen atoms in total. The van der Waals surface area contributed by atoms with Crippen molar-refractivity contribution in [2.75, 3.05) is 43.0 Å². The number of hydrogen-bond donors (Lipinski definition) is 1. The molecule has 2 amide bonds. The average Bonchev–Trinajstić information content (AvgIpc) is 3.29. The van der Waals surface area contributed by atoms with Crippen LogP contribution in [0, 0.1) is 0 Å². The van der Waals surface area contributed by atoms with Crippen LogP contribution in [0.3, 0.4) is 0 Å². The van der Waals surface area contributed by atoms with Crippen molar-refractivity contribution in [1.29, 1.82) is 0 Å². The number of pyridine rings is 1. The Kier molecular flexibility index (Phi) is 6.80. The lowest BCUT2D eigenvalue weighted by atomic mass is 10.3. The quantitative estimate of drug-likeness (QED) is 0.603. The van der Waals surface area contributed by atoms with Crippen LogP contribution in [0.5, 0.6) is 0 Å². The Morgan fingerprint density at radius 1 is 1.00 bits per heavy atom. The molecule has 1 aliphatic rings. The molecule has 1 saturated heterocycles. The summed E-state index contributed by atoms with van der Waals surface area (Å²) in [4.78, 5) is 33.0. The Balaban J connectivity index is 1.19. The molecule has 1 fully saturated rings. The molecule has 1 N–H and O–H groups in total. The highest BCUT2D eigenvalue weighted by molar-refractivity contribution is 7.13. The number of amides is 2. The maximum Gasteiger partial charge on any atom is 0.286 e. The molecular weight excluding hydrogens is 416 g/mol. The molecule has 3 aromatic rings. The molecule has 1 aromatic carbocycles. The molecule has 31 heavy (non-hydrogen) atoms. The normalized spacial score (nSPS) is 13.8. The van der Waals surface area contributed by atoms with E-state index in [0.29, 0.717) is 23.8 Å². The number of piperazine rings is 1. The molecule has 2 aromatic heterocycles. The third-order valence-electron chi connectivity index (χ3n) is 4.75. The third-order valence-corrected chi connectivity index (χ3v) is 5.64. The predicted molar refractivity (Wildman–Crippen MR) is 117 cm³/mol. The third kappa shape index (κ3) is 5.62. The maximum absolute atomic E-state index is 12.4. The van der Waals surface area contributed by atoms with E-state index in [2.05, 4.69) is 25.4 Å². The van der Waals surface area contributed by atoms with Gasteiger partial charge in [0.15, 0.2) is 0 Å². The summed E-state index contributed by atoms with van der Waals surface area (Å²) in [5, 5.41) is 11.4. The van der Waals surface area contributed by atoms with E-state index in [4.69, 9.17) is 4.74 Å². The number of carbonyl (C=O) groups excluding carboxylic acids is 2. The monoisotopic (exact) mass is 438 g/mol. The number of benzene rings is 1. The van der Waals surface area contributed by atoms with Crippen LogP contribution in [0.1, 0.15) is 14.8 Å². The fourth-order valence-corrected chi connectivity index (χ4v) is 3.82. The number of ether oxygens (including phenoxy) is 1. The van der Waals surface area contributed by atoms with E-state index in [1.807, 2.05) is 36.4 Å². The zero-order chi connectivity index (χ0) is 21.5. The summed E-state index contributed by atoms with van der Waals surface area (Å²) >= 11 is 1.15. The molecule has 0 unspecified atom stereocenters. The predicted octanol–water partition coefficient (Wildman–Crippen LogP) is 2.05. The summed E-state index contributed by atoms with van der Waals surface area (Å²) in [7, 11) is 0. The Bertz CT molecular complexity index is 1010. The lowest BCUT2D eigenvalue weighted by molar-refractivity contribution is -0.136. The van der Waals surface area contributed by atoms with Crippen molar-refractivity contribution in [2.45, 2.75) is 6.61 Å². The molecule has 160 valence electrons. The first-order valence-electron chi connectivity index (χ1n) is 9.89. The molecule has 0 aliphatic carbocycles. The zero-order valence-electron chi connectivity index (χ0n) is 16.8. The number of para-hydroxylation sites is 1. The van der Waals surface area contributed by atoms with Crippen LogP contribution in [-0.4, -0.2) is 64.7 Å². The van der Waals surface area contributed by atoms with Crippen molar-refractivity contribution in [3.63, 3.8) is 0 Å². The van der Waals surface area contributed by atoms with E-state index in [0.717, 1.165) is 30.2 Å². The molecular formula is C21H22N6O3S. The lowest BCUT2D eigenvalue weighted by Gasteiger charge is -2.35. The lowest BCUT2D eigenvalue weighted by Crippen LogP contribution is -2.50. The summed E-state index contributed by atoms with van der Waals surface area (Å²) in [6, 6.07) is 15.0. The number of hydrogen-bond acceptors (Lipinski definition) is 8. The van der Waals surface area contributed by atoms with Crippen LogP contribution in [0.25, 0.3) is 0 Å². The molecule has 4 rings (SSSR count). The average molecular weight is 439 g/mol. The van der Waals surface area contributed by atoms with E-state index in [9.17, 15) is 9.59 Å². The van der Waals surface area contributed by atoms with Gasteiger partial charge in [-0.1, -0.05) is 35.6 Å². The molecule has 1 aliphatic heterocycles. The fraction of sp³-hybridized carbons (Fsp3) is 0.286. The second-order valence-electron chi connectivity index (χ2n) is 6.87. The Morgan fingerprint density at radius 2 is 1.77 bits per heavy atom. The van der Waals surface area contributed by atoms with E-state index in [1.165, 1.54) is 0 Å².